The molecule has 2 aliphatic rings. The van der Waals surface area contributed by atoms with Gasteiger partial charge in [-0.05, 0) is 30.0 Å². The molecule has 1 atom stereocenters. The Bertz CT molecular complexity index is 975. The van der Waals surface area contributed by atoms with Crippen molar-refractivity contribution in [1.29, 1.82) is 0 Å². The summed E-state index contributed by atoms with van der Waals surface area (Å²) in [6.45, 7) is -0.242. The van der Waals surface area contributed by atoms with Gasteiger partial charge in [0.05, 0.1) is 0 Å². The van der Waals surface area contributed by atoms with E-state index in [4.69, 9.17) is 4.74 Å². The lowest BCUT2D eigenvalue weighted by molar-refractivity contribution is -0.154. The molecule has 2 aromatic rings. The largest absolute Gasteiger partial charge is 0.468 e. The third-order valence-corrected chi connectivity index (χ3v) is 5.48. The minimum atomic E-state index is -4.44. The van der Waals surface area contributed by atoms with E-state index in [-0.39, 0.29) is 30.3 Å². The van der Waals surface area contributed by atoms with Gasteiger partial charge < -0.3 is 19.7 Å². The summed E-state index contributed by atoms with van der Waals surface area (Å²) in [5.74, 6) is -0.647. The molecule has 0 radical (unpaired) electrons. The standard InChI is InChI=1S/C22H22F3N3O4/c23-22(24,25)13-32-18-6-5-14(11-26-18)12-27-20(29)19-16-3-1-2-4-17(16)21(30)28(19)15-7-9-31-10-8-15/h1-6,11,15,19H,7-10,12-13H2,(H,27,29). The molecule has 10 heteroatoms. The first-order valence-corrected chi connectivity index (χ1v) is 10.2. The highest BCUT2D eigenvalue weighted by atomic mass is 19.4. The summed E-state index contributed by atoms with van der Waals surface area (Å²) >= 11 is 0. The molecular weight excluding hydrogens is 427 g/mol. The van der Waals surface area contributed by atoms with Gasteiger partial charge in [0.15, 0.2) is 6.61 Å². The van der Waals surface area contributed by atoms with E-state index in [0.717, 1.165) is 0 Å². The van der Waals surface area contributed by atoms with Crippen molar-refractivity contribution in [2.45, 2.75) is 37.6 Å². The topological polar surface area (TPSA) is 80.8 Å². The molecule has 170 valence electrons. The third-order valence-electron chi connectivity index (χ3n) is 5.48. The fourth-order valence-corrected chi connectivity index (χ4v) is 3.99. The van der Waals surface area contributed by atoms with Gasteiger partial charge in [0, 0.05) is 43.6 Å². The van der Waals surface area contributed by atoms with Crippen LogP contribution in [0.25, 0.3) is 0 Å². The van der Waals surface area contributed by atoms with Crippen LogP contribution in [0.5, 0.6) is 5.88 Å². The summed E-state index contributed by atoms with van der Waals surface area (Å²) in [6.07, 6.45) is -1.78. The van der Waals surface area contributed by atoms with E-state index in [1.54, 1.807) is 29.2 Å². The van der Waals surface area contributed by atoms with E-state index in [1.165, 1.54) is 18.3 Å². The highest BCUT2D eigenvalue weighted by molar-refractivity contribution is 6.04. The number of hydrogen-bond acceptors (Lipinski definition) is 5. The first kappa shape index (κ1) is 22.1. The predicted octanol–water partition coefficient (Wildman–Crippen LogP) is 3.02. The molecule has 1 fully saturated rings. The highest BCUT2D eigenvalue weighted by Gasteiger charge is 2.44. The Kier molecular flexibility index (Phi) is 6.31. The normalized spacial score (nSPS) is 19.0. The van der Waals surface area contributed by atoms with Crippen LogP contribution in [0.2, 0.25) is 0 Å². The average molecular weight is 449 g/mol. The number of rotatable bonds is 6. The SMILES string of the molecule is O=C(NCc1ccc(OCC(F)(F)F)nc1)C1c2ccccc2C(=O)N1C1CCOCC1. The number of nitrogens with one attached hydrogen (secondary N) is 1. The number of benzene rings is 1. The van der Waals surface area contributed by atoms with Gasteiger partial charge in [0.25, 0.3) is 5.91 Å². The molecule has 0 spiro atoms. The molecule has 3 heterocycles. The maximum atomic E-state index is 13.2. The molecule has 1 aromatic heterocycles. The second kappa shape index (κ2) is 9.15. The molecule has 0 saturated carbocycles. The molecule has 1 unspecified atom stereocenters. The second-order valence-corrected chi connectivity index (χ2v) is 7.67. The second-order valence-electron chi connectivity index (χ2n) is 7.67. The highest BCUT2D eigenvalue weighted by Crippen LogP contribution is 2.37. The van der Waals surface area contributed by atoms with E-state index in [0.29, 0.717) is 42.7 Å². The number of alkyl halides is 3. The summed E-state index contributed by atoms with van der Waals surface area (Å²) in [4.78, 5) is 31.7. The third kappa shape index (κ3) is 4.85. The Morgan fingerprint density at radius 1 is 1.19 bits per heavy atom. The maximum Gasteiger partial charge on any atom is 0.422 e. The van der Waals surface area contributed by atoms with E-state index in [9.17, 15) is 22.8 Å². The van der Waals surface area contributed by atoms with E-state index >= 15 is 0 Å². The van der Waals surface area contributed by atoms with Gasteiger partial charge in [0.1, 0.15) is 6.04 Å². The Morgan fingerprint density at radius 2 is 1.94 bits per heavy atom. The van der Waals surface area contributed by atoms with Crippen molar-refractivity contribution in [2.75, 3.05) is 19.8 Å². The number of hydrogen-bond donors (Lipinski definition) is 1. The number of pyridine rings is 1. The number of halogens is 3. The number of nitrogens with zero attached hydrogens (tertiary/aromatic N) is 2. The molecule has 1 aromatic carbocycles. The minimum Gasteiger partial charge on any atom is -0.468 e. The minimum absolute atomic E-state index is 0.0915. The van der Waals surface area contributed by atoms with Crippen LogP contribution in [0.15, 0.2) is 42.6 Å². The molecular formula is C22H22F3N3O4. The zero-order chi connectivity index (χ0) is 22.7. The zero-order valence-corrected chi connectivity index (χ0v) is 17.1. The van der Waals surface area contributed by atoms with Gasteiger partial charge >= 0.3 is 6.18 Å². The lowest BCUT2D eigenvalue weighted by Gasteiger charge is -2.35. The van der Waals surface area contributed by atoms with Crippen LogP contribution in [-0.2, 0) is 16.1 Å². The Balaban J connectivity index is 1.44. The van der Waals surface area contributed by atoms with Crippen molar-refractivity contribution >= 4 is 11.8 Å². The van der Waals surface area contributed by atoms with Crippen LogP contribution in [0, 0.1) is 0 Å². The average Bonchev–Trinajstić information content (AvgIpc) is 3.09. The van der Waals surface area contributed by atoms with E-state index in [2.05, 4.69) is 15.0 Å². The number of carbonyl (C=O) groups excluding carboxylic acids is 2. The van der Waals surface area contributed by atoms with Crippen LogP contribution in [0.3, 0.4) is 0 Å². The van der Waals surface area contributed by atoms with Crippen molar-refractivity contribution < 1.29 is 32.2 Å². The quantitative estimate of drug-likeness (QED) is 0.734. The van der Waals surface area contributed by atoms with Gasteiger partial charge in [0.2, 0.25) is 11.8 Å². The zero-order valence-electron chi connectivity index (χ0n) is 17.1. The fourth-order valence-electron chi connectivity index (χ4n) is 3.99. The van der Waals surface area contributed by atoms with Crippen molar-refractivity contribution in [2.24, 2.45) is 0 Å². The summed E-state index contributed by atoms with van der Waals surface area (Å²) < 4.78 is 46.7. The van der Waals surface area contributed by atoms with Crippen LogP contribution in [0.4, 0.5) is 13.2 Å². The molecule has 2 aliphatic heterocycles. The molecule has 1 saturated heterocycles. The number of fused-ring (bicyclic) bond motifs is 1. The lowest BCUT2D eigenvalue weighted by atomic mass is 10.0. The van der Waals surface area contributed by atoms with Gasteiger partial charge in [-0.1, -0.05) is 24.3 Å². The van der Waals surface area contributed by atoms with Gasteiger partial charge in [-0.15, -0.1) is 0 Å². The molecule has 1 N–H and O–H groups in total. The fraction of sp³-hybridized carbons (Fsp3) is 0.409. The smallest absolute Gasteiger partial charge is 0.422 e. The van der Waals surface area contributed by atoms with E-state index < -0.39 is 18.8 Å². The first-order valence-electron chi connectivity index (χ1n) is 10.2. The molecule has 0 bridgehead atoms. The van der Waals surface area contributed by atoms with Crippen LogP contribution in [-0.4, -0.2) is 53.7 Å². The monoisotopic (exact) mass is 449 g/mol. The Morgan fingerprint density at radius 3 is 2.62 bits per heavy atom. The molecule has 2 amide bonds. The Hall–Kier alpha value is -3.14. The number of carbonyl (C=O) groups is 2. The van der Waals surface area contributed by atoms with Crippen LogP contribution in [0.1, 0.15) is 40.4 Å². The van der Waals surface area contributed by atoms with Crippen molar-refractivity contribution in [3.63, 3.8) is 0 Å². The summed E-state index contributed by atoms with van der Waals surface area (Å²) in [7, 11) is 0. The van der Waals surface area contributed by atoms with Crippen molar-refractivity contribution in [3.8, 4) is 5.88 Å². The van der Waals surface area contributed by atoms with Gasteiger partial charge in [-0.2, -0.15) is 13.2 Å². The van der Waals surface area contributed by atoms with Gasteiger partial charge in [-0.25, -0.2) is 4.98 Å². The van der Waals surface area contributed by atoms with Crippen molar-refractivity contribution in [1.82, 2.24) is 15.2 Å². The number of ether oxygens (including phenoxy) is 2. The van der Waals surface area contributed by atoms with E-state index in [1.807, 2.05) is 0 Å². The van der Waals surface area contributed by atoms with Crippen molar-refractivity contribution in [3.05, 3.63) is 59.3 Å². The predicted molar refractivity (Wildman–Crippen MR) is 107 cm³/mol. The summed E-state index contributed by atoms with van der Waals surface area (Å²) in [6, 6.07) is 9.08. The lowest BCUT2D eigenvalue weighted by Crippen LogP contribution is -2.46. The summed E-state index contributed by atoms with van der Waals surface area (Å²) in [5, 5.41) is 2.82. The molecule has 4 rings (SSSR count). The molecule has 0 aliphatic carbocycles. The summed E-state index contributed by atoms with van der Waals surface area (Å²) in [5.41, 5.74) is 1.77. The first-order chi connectivity index (χ1) is 15.3. The molecule has 7 nitrogen and oxygen atoms in total. The molecule has 32 heavy (non-hydrogen) atoms. The maximum absolute atomic E-state index is 13.2. The number of aromatic nitrogens is 1. The van der Waals surface area contributed by atoms with Crippen LogP contribution >= 0.6 is 0 Å². The van der Waals surface area contributed by atoms with Crippen LogP contribution < -0.4 is 10.1 Å². The Labute approximate surface area is 182 Å². The number of amides is 2. The van der Waals surface area contributed by atoms with Gasteiger partial charge in [-0.3, -0.25) is 9.59 Å².